The van der Waals surface area contributed by atoms with Crippen LogP contribution in [0.3, 0.4) is 0 Å². The second kappa shape index (κ2) is 3.87. The molecular formula is C9H15ClN2. The molecule has 2 nitrogen and oxygen atoms in total. The Labute approximate surface area is 79.6 Å². The fourth-order valence-electron chi connectivity index (χ4n) is 1.16. The summed E-state index contributed by atoms with van der Waals surface area (Å²) in [4.78, 5) is 4.22. The molecule has 0 radical (unpaired) electrons. The van der Waals surface area contributed by atoms with E-state index < -0.39 is 0 Å². The molecule has 12 heavy (non-hydrogen) atoms. The number of halogens is 1. The lowest BCUT2D eigenvalue weighted by molar-refractivity contribution is 0.531. The highest BCUT2D eigenvalue weighted by molar-refractivity contribution is 5.85. The van der Waals surface area contributed by atoms with Gasteiger partial charge in [0.2, 0.25) is 0 Å². The van der Waals surface area contributed by atoms with Crippen LogP contribution < -0.4 is 5.73 Å². The van der Waals surface area contributed by atoms with E-state index in [1.54, 1.807) is 6.20 Å². The minimum atomic E-state index is -0.328. The highest BCUT2D eigenvalue weighted by Gasteiger charge is 2.16. The normalized spacial score (nSPS) is 10.7. The van der Waals surface area contributed by atoms with Crippen molar-refractivity contribution in [2.45, 2.75) is 26.3 Å². The third-order valence-electron chi connectivity index (χ3n) is 1.62. The van der Waals surface area contributed by atoms with Crippen LogP contribution in [0.15, 0.2) is 18.3 Å². The molecule has 1 rings (SSSR count). The lowest BCUT2D eigenvalue weighted by Crippen LogP contribution is -2.30. The Kier molecular flexibility index (Phi) is 3.68. The van der Waals surface area contributed by atoms with Gasteiger partial charge in [-0.2, -0.15) is 0 Å². The summed E-state index contributed by atoms with van der Waals surface area (Å²) in [5, 5.41) is 0. The monoisotopic (exact) mass is 186 g/mol. The average molecular weight is 187 g/mol. The van der Waals surface area contributed by atoms with E-state index in [2.05, 4.69) is 4.98 Å². The van der Waals surface area contributed by atoms with Crippen LogP contribution in [0.4, 0.5) is 0 Å². The molecule has 1 aromatic heterocycles. The zero-order valence-electron chi connectivity index (χ0n) is 7.66. The van der Waals surface area contributed by atoms with Crippen LogP contribution in [-0.2, 0) is 5.54 Å². The van der Waals surface area contributed by atoms with Crippen molar-refractivity contribution < 1.29 is 0 Å². The number of hydrogen-bond donors (Lipinski definition) is 1. The number of nitrogens with zero attached hydrogens (tertiary/aromatic N) is 1. The van der Waals surface area contributed by atoms with Gasteiger partial charge in [-0.3, -0.25) is 4.98 Å². The van der Waals surface area contributed by atoms with E-state index in [9.17, 15) is 0 Å². The lowest BCUT2D eigenvalue weighted by atomic mass is 9.98. The van der Waals surface area contributed by atoms with Gasteiger partial charge in [0, 0.05) is 6.20 Å². The van der Waals surface area contributed by atoms with Gasteiger partial charge in [-0.25, -0.2) is 0 Å². The van der Waals surface area contributed by atoms with Crippen molar-refractivity contribution in [1.29, 1.82) is 0 Å². The molecule has 2 N–H and O–H groups in total. The second-order valence-corrected chi connectivity index (χ2v) is 3.39. The predicted octanol–water partition coefficient (Wildman–Crippen LogP) is 2.01. The van der Waals surface area contributed by atoms with E-state index in [1.165, 1.54) is 0 Å². The maximum absolute atomic E-state index is 5.90. The third kappa shape index (κ3) is 2.47. The predicted molar refractivity (Wildman–Crippen MR) is 53.4 cm³/mol. The van der Waals surface area contributed by atoms with Crippen molar-refractivity contribution >= 4 is 12.4 Å². The Hall–Kier alpha value is -0.600. The van der Waals surface area contributed by atoms with Crippen LogP contribution in [-0.4, -0.2) is 4.98 Å². The summed E-state index contributed by atoms with van der Waals surface area (Å²) in [5.41, 5.74) is 7.69. The van der Waals surface area contributed by atoms with E-state index in [0.717, 1.165) is 11.3 Å². The van der Waals surface area contributed by atoms with Crippen LogP contribution in [0.1, 0.15) is 25.1 Å². The first-order valence-corrected chi connectivity index (χ1v) is 3.73. The van der Waals surface area contributed by atoms with Crippen molar-refractivity contribution in [2.75, 3.05) is 0 Å². The Morgan fingerprint density at radius 1 is 1.42 bits per heavy atom. The highest BCUT2D eigenvalue weighted by atomic mass is 35.5. The second-order valence-electron chi connectivity index (χ2n) is 3.39. The number of rotatable bonds is 1. The molecule has 0 unspecified atom stereocenters. The summed E-state index contributed by atoms with van der Waals surface area (Å²) in [6.45, 7) is 5.95. The van der Waals surface area contributed by atoms with Crippen LogP contribution in [0.5, 0.6) is 0 Å². The lowest BCUT2D eigenvalue weighted by Gasteiger charge is -2.19. The fourth-order valence-corrected chi connectivity index (χ4v) is 1.16. The Bertz CT molecular complexity index is 253. The summed E-state index contributed by atoms with van der Waals surface area (Å²) >= 11 is 0. The number of hydrogen-bond acceptors (Lipinski definition) is 2. The van der Waals surface area contributed by atoms with Crippen LogP contribution in [0.2, 0.25) is 0 Å². The SMILES string of the molecule is Cc1cccnc1C(C)(C)N.Cl. The summed E-state index contributed by atoms with van der Waals surface area (Å²) in [6, 6.07) is 3.95. The van der Waals surface area contributed by atoms with Gasteiger partial charge in [0.1, 0.15) is 0 Å². The molecule has 0 aliphatic heterocycles. The molecule has 0 saturated carbocycles. The molecule has 1 aromatic rings. The van der Waals surface area contributed by atoms with Crippen LogP contribution in [0.25, 0.3) is 0 Å². The average Bonchev–Trinajstić information content (AvgIpc) is 1.86. The molecule has 0 atom stereocenters. The summed E-state index contributed by atoms with van der Waals surface area (Å²) in [5.74, 6) is 0. The smallest absolute Gasteiger partial charge is 0.0625 e. The minimum absolute atomic E-state index is 0. The molecule has 0 aromatic carbocycles. The van der Waals surface area contributed by atoms with Crippen molar-refractivity contribution in [2.24, 2.45) is 5.73 Å². The topological polar surface area (TPSA) is 38.9 Å². The molecule has 1 heterocycles. The molecule has 3 heteroatoms. The van der Waals surface area contributed by atoms with E-state index in [-0.39, 0.29) is 17.9 Å². The van der Waals surface area contributed by atoms with Crippen LogP contribution in [0, 0.1) is 6.92 Å². The number of pyridine rings is 1. The Balaban J connectivity index is 0.00000121. The Morgan fingerprint density at radius 3 is 2.33 bits per heavy atom. The summed E-state index contributed by atoms with van der Waals surface area (Å²) in [7, 11) is 0. The standard InChI is InChI=1S/C9H14N2.ClH/c1-7-5-4-6-11-8(7)9(2,3)10;/h4-6H,10H2,1-3H3;1H. The van der Waals surface area contributed by atoms with E-state index in [0.29, 0.717) is 0 Å². The summed E-state index contributed by atoms with van der Waals surface area (Å²) in [6.07, 6.45) is 1.77. The first kappa shape index (κ1) is 11.4. The fraction of sp³-hybridized carbons (Fsp3) is 0.444. The number of aromatic nitrogens is 1. The van der Waals surface area contributed by atoms with Crippen molar-refractivity contribution in [3.05, 3.63) is 29.6 Å². The Morgan fingerprint density at radius 2 is 2.00 bits per heavy atom. The van der Waals surface area contributed by atoms with Gasteiger partial charge in [-0.1, -0.05) is 6.07 Å². The molecule has 0 fully saturated rings. The molecule has 0 spiro atoms. The molecule has 0 amide bonds. The van der Waals surface area contributed by atoms with Crippen molar-refractivity contribution in [3.63, 3.8) is 0 Å². The maximum Gasteiger partial charge on any atom is 0.0625 e. The van der Waals surface area contributed by atoms with Gasteiger partial charge in [0.25, 0.3) is 0 Å². The summed E-state index contributed by atoms with van der Waals surface area (Å²) < 4.78 is 0. The molecule has 68 valence electrons. The highest BCUT2D eigenvalue weighted by Crippen LogP contribution is 2.16. The van der Waals surface area contributed by atoms with Gasteiger partial charge < -0.3 is 5.73 Å². The first-order chi connectivity index (χ1) is 5.02. The van der Waals surface area contributed by atoms with Crippen molar-refractivity contribution in [3.8, 4) is 0 Å². The number of aryl methyl sites for hydroxylation is 1. The molecule has 0 saturated heterocycles. The van der Waals surface area contributed by atoms with Crippen molar-refractivity contribution in [1.82, 2.24) is 4.98 Å². The van der Waals surface area contributed by atoms with Gasteiger partial charge in [-0.05, 0) is 32.4 Å². The minimum Gasteiger partial charge on any atom is -0.321 e. The first-order valence-electron chi connectivity index (χ1n) is 3.73. The van der Waals surface area contributed by atoms with E-state index >= 15 is 0 Å². The van der Waals surface area contributed by atoms with Gasteiger partial charge >= 0.3 is 0 Å². The van der Waals surface area contributed by atoms with E-state index in [4.69, 9.17) is 5.73 Å². The largest absolute Gasteiger partial charge is 0.321 e. The number of nitrogens with two attached hydrogens (primary N) is 1. The van der Waals surface area contributed by atoms with Gasteiger partial charge in [-0.15, -0.1) is 12.4 Å². The van der Waals surface area contributed by atoms with Crippen LogP contribution >= 0.6 is 12.4 Å². The molecule has 0 aliphatic rings. The third-order valence-corrected chi connectivity index (χ3v) is 1.62. The van der Waals surface area contributed by atoms with Gasteiger partial charge in [0.15, 0.2) is 0 Å². The zero-order chi connectivity index (χ0) is 8.48. The molecular weight excluding hydrogens is 172 g/mol. The van der Waals surface area contributed by atoms with E-state index in [1.807, 2.05) is 32.9 Å². The molecule has 0 bridgehead atoms. The molecule has 0 aliphatic carbocycles. The quantitative estimate of drug-likeness (QED) is 0.729. The maximum atomic E-state index is 5.90. The zero-order valence-corrected chi connectivity index (χ0v) is 8.48. The van der Waals surface area contributed by atoms with Gasteiger partial charge in [0.05, 0.1) is 11.2 Å².